The molecule has 2 bridgehead atoms. The fraction of sp³-hybridized carbons (Fsp3) is 0.722. The first-order chi connectivity index (χ1) is 11.5. The maximum absolute atomic E-state index is 12.7. The van der Waals surface area contributed by atoms with E-state index in [4.69, 9.17) is 0 Å². The number of hydrogen-bond donors (Lipinski definition) is 1. The van der Waals surface area contributed by atoms with E-state index in [-0.39, 0.29) is 5.91 Å². The largest absolute Gasteiger partial charge is 0.341 e. The third kappa shape index (κ3) is 4.23. The van der Waals surface area contributed by atoms with Crippen LogP contribution in [-0.4, -0.2) is 63.1 Å². The van der Waals surface area contributed by atoms with Crippen LogP contribution in [0.4, 0.5) is 0 Å². The van der Waals surface area contributed by atoms with E-state index < -0.39 is 0 Å². The number of aromatic nitrogens is 3. The predicted octanol–water partition coefficient (Wildman–Crippen LogP) is 1.93. The topological polar surface area (TPSA) is 65.1 Å². The van der Waals surface area contributed by atoms with Crippen LogP contribution in [0.15, 0.2) is 11.6 Å². The second-order valence-electron chi connectivity index (χ2n) is 7.47. The highest BCUT2D eigenvalue weighted by Crippen LogP contribution is 2.28. The van der Waals surface area contributed by atoms with Crippen LogP contribution in [-0.2, 0) is 11.2 Å². The highest BCUT2D eigenvalue weighted by molar-refractivity contribution is 5.76. The fourth-order valence-corrected chi connectivity index (χ4v) is 3.78. The second-order valence-corrected chi connectivity index (χ2v) is 7.47. The first-order valence-electron chi connectivity index (χ1n) is 9.04. The minimum Gasteiger partial charge on any atom is -0.341 e. The van der Waals surface area contributed by atoms with E-state index in [0.29, 0.717) is 24.8 Å². The van der Waals surface area contributed by atoms with Crippen LogP contribution in [0.25, 0.3) is 0 Å². The third-order valence-electron chi connectivity index (χ3n) is 5.12. The molecule has 0 aliphatic carbocycles. The maximum Gasteiger partial charge on any atom is 0.223 e. The van der Waals surface area contributed by atoms with Crippen molar-refractivity contribution in [1.82, 2.24) is 25.0 Å². The molecular weight excluding hydrogens is 302 g/mol. The monoisotopic (exact) mass is 331 g/mol. The Bertz CT molecular complexity index is 604. The number of H-pyrrole nitrogens is 1. The van der Waals surface area contributed by atoms with Gasteiger partial charge in [0.15, 0.2) is 5.82 Å². The molecule has 6 heteroatoms. The molecule has 4 rings (SSSR count). The number of fused-ring (bicyclic) bond motifs is 4. The van der Waals surface area contributed by atoms with Crippen LogP contribution in [0.1, 0.15) is 44.8 Å². The Morgan fingerprint density at radius 3 is 2.83 bits per heavy atom. The number of aromatic amines is 1. The number of nitrogens with one attached hydrogen (secondary N) is 1. The molecule has 0 spiro atoms. The quantitative estimate of drug-likeness (QED) is 0.838. The van der Waals surface area contributed by atoms with Crippen molar-refractivity contribution in [2.24, 2.45) is 5.92 Å². The van der Waals surface area contributed by atoms with Gasteiger partial charge in [0.2, 0.25) is 5.91 Å². The van der Waals surface area contributed by atoms with Gasteiger partial charge in [-0.3, -0.25) is 14.8 Å². The van der Waals surface area contributed by atoms with Crippen molar-refractivity contribution < 1.29 is 4.79 Å². The molecule has 0 saturated carbocycles. The van der Waals surface area contributed by atoms with Gasteiger partial charge in [0.05, 0.1) is 0 Å². The van der Waals surface area contributed by atoms with E-state index in [2.05, 4.69) is 44.9 Å². The lowest BCUT2D eigenvalue weighted by atomic mass is 9.95. The molecule has 4 heterocycles. The van der Waals surface area contributed by atoms with Gasteiger partial charge in [0.1, 0.15) is 5.82 Å². The van der Waals surface area contributed by atoms with Crippen molar-refractivity contribution in [1.29, 1.82) is 0 Å². The van der Waals surface area contributed by atoms with Gasteiger partial charge >= 0.3 is 0 Å². The zero-order valence-corrected chi connectivity index (χ0v) is 15.1. The van der Waals surface area contributed by atoms with Crippen molar-refractivity contribution in [2.75, 3.05) is 26.2 Å². The van der Waals surface area contributed by atoms with Gasteiger partial charge in [0, 0.05) is 45.1 Å². The molecule has 6 nitrogen and oxygen atoms in total. The predicted molar refractivity (Wildman–Crippen MR) is 93.5 cm³/mol. The average Bonchev–Trinajstić information content (AvgIpc) is 2.77. The zero-order chi connectivity index (χ0) is 17.1. The Labute approximate surface area is 144 Å². The lowest BCUT2D eigenvalue weighted by Gasteiger charge is -2.35. The smallest absolute Gasteiger partial charge is 0.223 e. The van der Waals surface area contributed by atoms with Gasteiger partial charge in [-0.1, -0.05) is 11.6 Å². The summed E-state index contributed by atoms with van der Waals surface area (Å²) in [6.07, 6.45) is 5.89. The Morgan fingerprint density at radius 1 is 1.29 bits per heavy atom. The molecule has 132 valence electrons. The number of amides is 1. The third-order valence-corrected chi connectivity index (χ3v) is 5.12. The summed E-state index contributed by atoms with van der Waals surface area (Å²) in [7, 11) is 0. The van der Waals surface area contributed by atoms with E-state index in [1.165, 1.54) is 18.4 Å². The molecule has 24 heavy (non-hydrogen) atoms. The number of hydrogen-bond acceptors (Lipinski definition) is 4. The molecule has 0 unspecified atom stereocenters. The van der Waals surface area contributed by atoms with E-state index >= 15 is 0 Å². The molecule has 3 fully saturated rings. The number of carbonyl (C=O) groups excluding carboxylic acids is 1. The summed E-state index contributed by atoms with van der Waals surface area (Å²) >= 11 is 0. The number of nitrogens with zero attached hydrogens (tertiary/aromatic N) is 4. The number of allylic oxidation sites excluding steroid dienone is 1. The number of piperidine rings is 1. The summed E-state index contributed by atoms with van der Waals surface area (Å²) in [5.41, 5.74) is 1.37. The summed E-state index contributed by atoms with van der Waals surface area (Å²) in [6, 6.07) is 0.508. The van der Waals surface area contributed by atoms with E-state index in [1.54, 1.807) is 0 Å². The Hall–Kier alpha value is -1.69. The molecule has 1 aromatic heterocycles. The molecular formula is C18H29N5O. The summed E-state index contributed by atoms with van der Waals surface area (Å²) in [5, 5.41) is 6.96. The molecule has 3 saturated heterocycles. The first-order valence-corrected chi connectivity index (χ1v) is 9.04. The Morgan fingerprint density at radius 2 is 2.12 bits per heavy atom. The molecule has 3 aliphatic rings. The zero-order valence-electron chi connectivity index (χ0n) is 15.1. The lowest BCUT2D eigenvalue weighted by Crippen LogP contribution is -2.44. The number of aryl methyl sites for hydroxylation is 2. The van der Waals surface area contributed by atoms with E-state index in [0.717, 1.165) is 37.8 Å². The van der Waals surface area contributed by atoms with Crippen LogP contribution in [0.5, 0.6) is 0 Å². The van der Waals surface area contributed by atoms with Gasteiger partial charge in [-0.05, 0) is 39.5 Å². The average molecular weight is 331 g/mol. The summed E-state index contributed by atoms with van der Waals surface area (Å²) in [4.78, 5) is 21.6. The Balaban J connectivity index is 1.57. The van der Waals surface area contributed by atoms with Gasteiger partial charge in [0.25, 0.3) is 0 Å². The van der Waals surface area contributed by atoms with E-state index in [1.807, 2.05) is 6.92 Å². The van der Waals surface area contributed by atoms with Crippen molar-refractivity contribution in [2.45, 2.75) is 52.5 Å². The van der Waals surface area contributed by atoms with Gasteiger partial charge in [-0.15, -0.1) is 0 Å². The van der Waals surface area contributed by atoms with Gasteiger partial charge in [-0.2, -0.15) is 5.10 Å². The number of carbonyl (C=O) groups is 1. The van der Waals surface area contributed by atoms with Gasteiger partial charge in [-0.25, -0.2) is 4.98 Å². The Kier molecular flexibility index (Phi) is 5.33. The maximum atomic E-state index is 12.7. The summed E-state index contributed by atoms with van der Waals surface area (Å²) < 4.78 is 0. The van der Waals surface area contributed by atoms with Gasteiger partial charge < -0.3 is 4.90 Å². The summed E-state index contributed by atoms with van der Waals surface area (Å²) in [5.74, 6) is 2.41. The molecule has 2 atom stereocenters. The van der Waals surface area contributed by atoms with Crippen molar-refractivity contribution in [3.8, 4) is 0 Å². The minimum atomic E-state index is 0.249. The van der Waals surface area contributed by atoms with Crippen LogP contribution >= 0.6 is 0 Å². The summed E-state index contributed by atoms with van der Waals surface area (Å²) in [6.45, 7) is 10.1. The normalized spacial score (nSPS) is 24.0. The van der Waals surface area contributed by atoms with Crippen LogP contribution in [0.3, 0.4) is 0 Å². The van der Waals surface area contributed by atoms with Crippen molar-refractivity contribution in [3.63, 3.8) is 0 Å². The van der Waals surface area contributed by atoms with Crippen molar-refractivity contribution in [3.05, 3.63) is 23.3 Å². The molecule has 1 aromatic rings. The highest BCUT2D eigenvalue weighted by atomic mass is 16.2. The lowest BCUT2D eigenvalue weighted by molar-refractivity contribution is -0.131. The van der Waals surface area contributed by atoms with Crippen molar-refractivity contribution >= 4 is 5.91 Å². The van der Waals surface area contributed by atoms with E-state index in [9.17, 15) is 4.79 Å². The van der Waals surface area contributed by atoms with Crippen LogP contribution in [0.2, 0.25) is 0 Å². The van der Waals surface area contributed by atoms with Crippen LogP contribution < -0.4 is 0 Å². The second kappa shape index (κ2) is 7.47. The molecule has 1 amide bonds. The molecule has 1 N–H and O–H groups in total. The van der Waals surface area contributed by atoms with Crippen LogP contribution in [0, 0.1) is 12.8 Å². The molecule has 0 aromatic carbocycles. The fourth-order valence-electron chi connectivity index (χ4n) is 3.78. The molecule has 3 aliphatic heterocycles. The first kappa shape index (κ1) is 17.1. The molecule has 0 radical (unpaired) electrons. The standard InChI is InChI=1S/C18H29N5O/c1-13(2)8-9-22-10-15-4-5-16(22)12-23(11-15)18(24)7-6-17-19-14(3)20-21-17/h8,15-16H,4-7,9-12H2,1-3H3,(H,19,20,21)/t15-,16-/m1/s1. The SMILES string of the molecule is CC(C)=CCN1C[C@H]2CC[C@@H]1CN(C(=O)CCc1n[nH]c(C)n1)C2. The minimum absolute atomic E-state index is 0.249. The number of rotatable bonds is 5. The highest BCUT2D eigenvalue weighted by Gasteiger charge is 2.35.